The van der Waals surface area contributed by atoms with Gasteiger partial charge in [-0.05, 0) is 30.0 Å². The molecular formula is C22H23N7. The first-order chi connectivity index (χ1) is 14.3. The van der Waals surface area contributed by atoms with Crippen molar-refractivity contribution in [2.45, 2.75) is 0 Å². The van der Waals surface area contributed by atoms with E-state index in [4.69, 9.17) is 0 Å². The average Bonchev–Trinajstić information content (AvgIpc) is 2.79. The lowest BCUT2D eigenvalue weighted by atomic mass is 10.0. The van der Waals surface area contributed by atoms with Crippen molar-refractivity contribution in [2.75, 3.05) is 37.3 Å². The lowest BCUT2D eigenvalue weighted by Crippen LogP contribution is -2.17. The first-order valence-electron chi connectivity index (χ1n) is 9.56. The topological polar surface area (TPSA) is 78.9 Å². The molecule has 0 amide bonds. The standard InChI is InChI=1S/C22H23N7/c1-29-14-8-17(9-15-29)19-16-20(18-6-3-2-4-7-18)27-28-21(19)23-12-13-26-22-24-10-5-11-25-22/h2-11,14,16H,12-13,15H2,1H3,(H,23,28)(H,24,25,26). The molecule has 2 aromatic heterocycles. The molecule has 0 unspecified atom stereocenters. The molecule has 0 saturated heterocycles. The second kappa shape index (κ2) is 8.97. The molecule has 3 heterocycles. The maximum absolute atomic E-state index is 4.49. The second-order valence-electron chi connectivity index (χ2n) is 6.70. The fraction of sp³-hybridized carbons (Fsp3) is 0.182. The van der Waals surface area contributed by atoms with Crippen molar-refractivity contribution >= 4 is 17.3 Å². The summed E-state index contributed by atoms with van der Waals surface area (Å²) in [4.78, 5) is 10.5. The zero-order valence-electron chi connectivity index (χ0n) is 16.3. The van der Waals surface area contributed by atoms with Gasteiger partial charge in [-0.3, -0.25) is 0 Å². The van der Waals surface area contributed by atoms with Gasteiger partial charge in [0.05, 0.1) is 5.69 Å². The molecule has 0 bridgehead atoms. The van der Waals surface area contributed by atoms with Crippen molar-refractivity contribution in [2.24, 2.45) is 0 Å². The quantitative estimate of drug-likeness (QED) is 0.604. The van der Waals surface area contributed by atoms with E-state index in [2.05, 4.69) is 67.2 Å². The summed E-state index contributed by atoms with van der Waals surface area (Å²) >= 11 is 0. The SMILES string of the molecule is CN1C=CC(c2cc(-c3ccccc3)nnc2NCCNc2ncccn2)=CC1. The number of hydrogen-bond acceptors (Lipinski definition) is 7. The fourth-order valence-electron chi connectivity index (χ4n) is 3.02. The Labute approximate surface area is 170 Å². The van der Waals surface area contributed by atoms with Gasteiger partial charge >= 0.3 is 0 Å². The zero-order chi connectivity index (χ0) is 19.9. The number of anilines is 2. The van der Waals surface area contributed by atoms with E-state index in [-0.39, 0.29) is 0 Å². The van der Waals surface area contributed by atoms with E-state index < -0.39 is 0 Å². The summed E-state index contributed by atoms with van der Waals surface area (Å²) in [5.41, 5.74) is 4.08. The molecule has 0 atom stereocenters. The number of likely N-dealkylation sites (N-methyl/N-ethyl adjacent to an activating group) is 1. The van der Waals surface area contributed by atoms with Crippen LogP contribution in [0.3, 0.4) is 0 Å². The first-order valence-corrected chi connectivity index (χ1v) is 9.56. The number of hydrogen-bond donors (Lipinski definition) is 2. The van der Waals surface area contributed by atoms with Crippen molar-refractivity contribution in [1.82, 2.24) is 25.1 Å². The number of aromatic nitrogens is 4. The van der Waals surface area contributed by atoms with Gasteiger partial charge < -0.3 is 15.5 Å². The smallest absolute Gasteiger partial charge is 0.222 e. The normalized spacial score (nSPS) is 13.1. The molecule has 1 aromatic carbocycles. The molecule has 1 aliphatic rings. The van der Waals surface area contributed by atoms with Gasteiger partial charge in [-0.25, -0.2) is 9.97 Å². The molecule has 4 rings (SSSR count). The monoisotopic (exact) mass is 385 g/mol. The van der Waals surface area contributed by atoms with Crippen LogP contribution in [0.15, 0.2) is 73.2 Å². The molecule has 0 fully saturated rings. The summed E-state index contributed by atoms with van der Waals surface area (Å²) in [6, 6.07) is 14.0. The van der Waals surface area contributed by atoms with Crippen LogP contribution >= 0.6 is 0 Å². The third-order valence-corrected chi connectivity index (χ3v) is 4.55. The Morgan fingerprint density at radius 2 is 1.76 bits per heavy atom. The van der Waals surface area contributed by atoms with E-state index in [9.17, 15) is 0 Å². The Hall–Kier alpha value is -3.74. The van der Waals surface area contributed by atoms with E-state index in [1.165, 1.54) is 0 Å². The van der Waals surface area contributed by atoms with E-state index >= 15 is 0 Å². The minimum absolute atomic E-state index is 0.612. The predicted octanol–water partition coefficient (Wildman–Crippen LogP) is 3.30. The van der Waals surface area contributed by atoms with Gasteiger partial charge in [-0.1, -0.05) is 36.4 Å². The van der Waals surface area contributed by atoms with E-state index in [0.29, 0.717) is 19.0 Å². The highest BCUT2D eigenvalue weighted by molar-refractivity contribution is 5.83. The summed E-state index contributed by atoms with van der Waals surface area (Å²) in [5.74, 6) is 1.38. The number of nitrogens with zero attached hydrogens (tertiary/aromatic N) is 5. The van der Waals surface area contributed by atoms with Crippen molar-refractivity contribution < 1.29 is 0 Å². The van der Waals surface area contributed by atoms with Gasteiger partial charge in [0.25, 0.3) is 0 Å². The van der Waals surface area contributed by atoms with E-state index in [1.54, 1.807) is 18.5 Å². The summed E-state index contributed by atoms with van der Waals surface area (Å²) in [5, 5.41) is 15.5. The van der Waals surface area contributed by atoms with Crippen molar-refractivity contribution in [3.05, 3.63) is 78.8 Å². The molecule has 1 aliphatic heterocycles. The van der Waals surface area contributed by atoms with Gasteiger partial charge in [0.2, 0.25) is 5.95 Å². The average molecular weight is 385 g/mol. The van der Waals surface area contributed by atoms with Crippen LogP contribution in [0.25, 0.3) is 16.8 Å². The Bertz CT molecular complexity index is 1000. The van der Waals surface area contributed by atoms with Gasteiger partial charge in [-0.2, -0.15) is 0 Å². The molecule has 7 nitrogen and oxygen atoms in total. The molecule has 0 saturated carbocycles. The Morgan fingerprint density at radius 1 is 0.966 bits per heavy atom. The van der Waals surface area contributed by atoms with Gasteiger partial charge in [0.1, 0.15) is 0 Å². The van der Waals surface area contributed by atoms with Crippen LogP contribution in [0, 0.1) is 0 Å². The fourth-order valence-corrected chi connectivity index (χ4v) is 3.02. The summed E-state index contributed by atoms with van der Waals surface area (Å²) in [6.07, 6.45) is 9.82. The van der Waals surface area contributed by atoms with Crippen LogP contribution in [-0.4, -0.2) is 51.7 Å². The summed E-state index contributed by atoms with van der Waals surface area (Å²) in [6.45, 7) is 2.20. The van der Waals surface area contributed by atoms with E-state index in [0.717, 1.165) is 34.8 Å². The molecule has 0 aliphatic carbocycles. The van der Waals surface area contributed by atoms with Crippen LogP contribution in [0.2, 0.25) is 0 Å². The van der Waals surface area contributed by atoms with E-state index in [1.807, 2.05) is 30.3 Å². The van der Waals surface area contributed by atoms with Crippen LogP contribution in [0.1, 0.15) is 5.56 Å². The molecule has 2 N–H and O–H groups in total. The number of rotatable bonds is 7. The molecule has 0 radical (unpaired) electrons. The highest BCUT2D eigenvalue weighted by Crippen LogP contribution is 2.28. The Morgan fingerprint density at radius 3 is 2.52 bits per heavy atom. The van der Waals surface area contributed by atoms with Crippen LogP contribution in [0.5, 0.6) is 0 Å². The number of nitrogens with one attached hydrogen (secondary N) is 2. The molecule has 3 aromatic rings. The molecule has 7 heteroatoms. The second-order valence-corrected chi connectivity index (χ2v) is 6.70. The Balaban J connectivity index is 1.53. The van der Waals surface area contributed by atoms with Gasteiger partial charge in [0, 0.05) is 50.2 Å². The third kappa shape index (κ3) is 4.76. The van der Waals surface area contributed by atoms with Gasteiger partial charge in [0.15, 0.2) is 5.82 Å². The van der Waals surface area contributed by atoms with Crippen molar-refractivity contribution in [3.63, 3.8) is 0 Å². The zero-order valence-corrected chi connectivity index (χ0v) is 16.3. The van der Waals surface area contributed by atoms with Gasteiger partial charge in [-0.15, -0.1) is 10.2 Å². The molecular weight excluding hydrogens is 362 g/mol. The minimum Gasteiger partial charge on any atom is -0.377 e. The highest BCUT2D eigenvalue weighted by atomic mass is 15.2. The van der Waals surface area contributed by atoms with Crippen molar-refractivity contribution in [1.29, 1.82) is 0 Å². The summed E-state index contributed by atoms with van der Waals surface area (Å²) < 4.78 is 0. The largest absolute Gasteiger partial charge is 0.377 e. The number of benzene rings is 1. The molecule has 146 valence electrons. The van der Waals surface area contributed by atoms with Crippen molar-refractivity contribution in [3.8, 4) is 11.3 Å². The highest BCUT2D eigenvalue weighted by Gasteiger charge is 2.13. The predicted molar refractivity (Wildman–Crippen MR) is 116 cm³/mol. The Kier molecular flexibility index (Phi) is 5.76. The van der Waals surface area contributed by atoms with Crippen LogP contribution in [-0.2, 0) is 0 Å². The lowest BCUT2D eigenvalue weighted by Gasteiger charge is -2.19. The molecule has 0 spiro atoms. The van der Waals surface area contributed by atoms with Crippen LogP contribution in [0.4, 0.5) is 11.8 Å². The lowest BCUT2D eigenvalue weighted by molar-refractivity contribution is 0.506. The minimum atomic E-state index is 0.612. The summed E-state index contributed by atoms with van der Waals surface area (Å²) in [7, 11) is 2.06. The molecule has 29 heavy (non-hydrogen) atoms. The maximum Gasteiger partial charge on any atom is 0.222 e. The first kappa shape index (κ1) is 18.6. The maximum atomic E-state index is 4.49. The van der Waals surface area contributed by atoms with Crippen LogP contribution < -0.4 is 10.6 Å². The third-order valence-electron chi connectivity index (χ3n) is 4.55. The number of allylic oxidation sites excluding steroid dienone is 2.